The molecule has 1 aromatic carbocycles. The molecule has 84 valence electrons. The number of aliphatic hydroxyl groups is 1. The van der Waals surface area contributed by atoms with Crippen LogP contribution in [-0.4, -0.2) is 19.9 Å². The van der Waals surface area contributed by atoms with Crippen molar-refractivity contribution in [3.63, 3.8) is 0 Å². The summed E-state index contributed by atoms with van der Waals surface area (Å²) in [4.78, 5) is 4.01. The van der Waals surface area contributed by atoms with Gasteiger partial charge in [-0.3, -0.25) is 4.98 Å². The van der Waals surface area contributed by atoms with Crippen LogP contribution in [0.2, 0.25) is 0 Å². The minimum absolute atomic E-state index is 0.0443. The zero-order chi connectivity index (χ0) is 11.7. The minimum Gasteiger partial charge on any atom is -0.392 e. The van der Waals surface area contributed by atoms with Gasteiger partial charge in [-0.1, -0.05) is 18.2 Å². The maximum absolute atomic E-state index is 9.31. The molecule has 0 amide bonds. The van der Waals surface area contributed by atoms with Crippen LogP contribution in [-0.2, 0) is 6.61 Å². The first kappa shape index (κ1) is 9.99. The van der Waals surface area contributed by atoms with Crippen LogP contribution >= 0.6 is 0 Å². The molecule has 2 aromatic heterocycles. The van der Waals surface area contributed by atoms with Crippen molar-refractivity contribution in [2.45, 2.75) is 6.61 Å². The number of fused-ring (bicyclic) bond motifs is 1. The van der Waals surface area contributed by atoms with Crippen molar-refractivity contribution in [2.75, 3.05) is 0 Å². The molecule has 3 rings (SSSR count). The van der Waals surface area contributed by atoms with E-state index in [4.69, 9.17) is 0 Å². The van der Waals surface area contributed by atoms with Crippen LogP contribution in [0.3, 0.4) is 0 Å². The molecule has 3 aromatic rings. The summed E-state index contributed by atoms with van der Waals surface area (Å²) < 4.78 is 1.82. The molecule has 2 heterocycles. The molecule has 4 heteroatoms. The van der Waals surface area contributed by atoms with Crippen molar-refractivity contribution in [3.05, 3.63) is 54.5 Å². The van der Waals surface area contributed by atoms with Gasteiger partial charge < -0.3 is 5.11 Å². The van der Waals surface area contributed by atoms with E-state index in [2.05, 4.69) is 10.1 Å². The fourth-order valence-corrected chi connectivity index (χ4v) is 1.91. The molecule has 0 atom stereocenters. The van der Waals surface area contributed by atoms with Crippen LogP contribution in [0.5, 0.6) is 0 Å². The lowest BCUT2D eigenvalue weighted by molar-refractivity contribution is 0.281. The van der Waals surface area contributed by atoms with Gasteiger partial charge in [-0.2, -0.15) is 5.10 Å². The summed E-state index contributed by atoms with van der Waals surface area (Å²) in [5.74, 6) is 0. The number of rotatable bonds is 2. The Hall–Kier alpha value is -2.20. The lowest BCUT2D eigenvalue weighted by Gasteiger charge is -2.07. The average Bonchev–Trinajstić information content (AvgIpc) is 2.82. The second-order valence-corrected chi connectivity index (χ2v) is 3.78. The quantitative estimate of drug-likeness (QED) is 0.724. The summed E-state index contributed by atoms with van der Waals surface area (Å²) in [6.07, 6.45) is 5.17. The van der Waals surface area contributed by atoms with E-state index in [-0.39, 0.29) is 6.61 Å². The zero-order valence-electron chi connectivity index (χ0n) is 9.11. The first-order chi connectivity index (χ1) is 8.40. The van der Waals surface area contributed by atoms with Gasteiger partial charge in [0, 0.05) is 23.3 Å². The normalized spacial score (nSPS) is 10.9. The Kier molecular flexibility index (Phi) is 2.34. The van der Waals surface area contributed by atoms with E-state index in [1.165, 1.54) is 0 Å². The van der Waals surface area contributed by atoms with Gasteiger partial charge in [0.2, 0.25) is 0 Å². The van der Waals surface area contributed by atoms with E-state index in [9.17, 15) is 5.11 Å². The minimum atomic E-state index is -0.0443. The standard InChI is InChI=1S/C13H11N3O/c17-9-11-7-14-6-5-13(11)16-12-4-2-1-3-10(12)8-15-16/h1-8,17H,9H2. The van der Waals surface area contributed by atoms with Gasteiger partial charge in [-0.25, -0.2) is 4.68 Å². The van der Waals surface area contributed by atoms with Crippen molar-refractivity contribution in [1.82, 2.24) is 14.8 Å². The monoisotopic (exact) mass is 225 g/mol. The van der Waals surface area contributed by atoms with Gasteiger partial charge in [0.15, 0.2) is 0 Å². The highest BCUT2D eigenvalue weighted by molar-refractivity contribution is 5.80. The summed E-state index contributed by atoms with van der Waals surface area (Å²) >= 11 is 0. The second-order valence-electron chi connectivity index (χ2n) is 3.78. The fraction of sp³-hybridized carbons (Fsp3) is 0.0769. The average molecular weight is 225 g/mol. The van der Waals surface area contributed by atoms with Gasteiger partial charge >= 0.3 is 0 Å². The van der Waals surface area contributed by atoms with E-state index in [1.807, 2.05) is 41.2 Å². The maximum atomic E-state index is 9.31. The predicted octanol–water partition coefficient (Wildman–Crippen LogP) is 1.91. The van der Waals surface area contributed by atoms with E-state index in [0.717, 1.165) is 22.2 Å². The predicted molar refractivity (Wildman–Crippen MR) is 64.8 cm³/mol. The Morgan fingerprint density at radius 1 is 1.12 bits per heavy atom. The van der Waals surface area contributed by atoms with Crippen LogP contribution in [0.15, 0.2) is 48.9 Å². The molecular weight excluding hydrogens is 214 g/mol. The van der Waals surface area contributed by atoms with Crippen LogP contribution in [0, 0.1) is 0 Å². The summed E-state index contributed by atoms with van der Waals surface area (Å²) in [5.41, 5.74) is 2.65. The highest BCUT2D eigenvalue weighted by Crippen LogP contribution is 2.19. The third kappa shape index (κ3) is 1.59. The largest absolute Gasteiger partial charge is 0.392 e. The highest BCUT2D eigenvalue weighted by Gasteiger charge is 2.07. The van der Waals surface area contributed by atoms with Crippen molar-refractivity contribution in [3.8, 4) is 5.69 Å². The van der Waals surface area contributed by atoms with Crippen molar-refractivity contribution < 1.29 is 5.11 Å². The van der Waals surface area contributed by atoms with Gasteiger partial charge in [0.25, 0.3) is 0 Å². The molecule has 0 aliphatic carbocycles. The summed E-state index contributed by atoms with van der Waals surface area (Å²) in [6, 6.07) is 9.82. The number of nitrogens with zero attached hydrogens (tertiary/aromatic N) is 3. The van der Waals surface area contributed by atoms with Crippen LogP contribution in [0.25, 0.3) is 16.6 Å². The molecule has 0 saturated carbocycles. The summed E-state index contributed by atoms with van der Waals surface area (Å²) in [7, 11) is 0. The Balaban J connectivity index is 2.27. The third-order valence-electron chi connectivity index (χ3n) is 2.75. The molecule has 0 fully saturated rings. The number of benzene rings is 1. The van der Waals surface area contributed by atoms with Crippen molar-refractivity contribution >= 4 is 10.9 Å². The number of pyridine rings is 1. The molecule has 1 N–H and O–H groups in total. The lowest BCUT2D eigenvalue weighted by atomic mass is 10.2. The van der Waals surface area contributed by atoms with Crippen LogP contribution in [0.4, 0.5) is 0 Å². The Bertz CT molecular complexity index is 660. The second kappa shape index (κ2) is 3.99. The van der Waals surface area contributed by atoms with E-state index in [1.54, 1.807) is 12.4 Å². The van der Waals surface area contributed by atoms with E-state index >= 15 is 0 Å². The van der Waals surface area contributed by atoms with Crippen molar-refractivity contribution in [1.29, 1.82) is 0 Å². The van der Waals surface area contributed by atoms with Crippen LogP contribution in [0.1, 0.15) is 5.56 Å². The Morgan fingerprint density at radius 2 is 2.00 bits per heavy atom. The van der Waals surface area contributed by atoms with Crippen LogP contribution < -0.4 is 0 Å². The molecule has 0 bridgehead atoms. The molecule has 0 unspecified atom stereocenters. The molecule has 0 radical (unpaired) electrons. The first-order valence-electron chi connectivity index (χ1n) is 5.37. The van der Waals surface area contributed by atoms with Gasteiger partial charge in [0.05, 0.1) is 24.0 Å². The third-order valence-corrected chi connectivity index (χ3v) is 2.75. The van der Waals surface area contributed by atoms with Gasteiger partial charge in [-0.05, 0) is 12.1 Å². The fourth-order valence-electron chi connectivity index (χ4n) is 1.91. The Labute approximate surface area is 98.2 Å². The summed E-state index contributed by atoms with van der Waals surface area (Å²) in [6.45, 7) is -0.0443. The van der Waals surface area contributed by atoms with E-state index < -0.39 is 0 Å². The summed E-state index contributed by atoms with van der Waals surface area (Å²) in [5, 5.41) is 14.7. The first-order valence-corrected chi connectivity index (χ1v) is 5.37. The Morgan fingerprint density at radius 3 is 2.88 bits per heavy atom. The number of aliphatic hydroxyl groups excluding tert-OH is 1. The number of para-hydroxylation sites is 1. The molecule has 0 spiro atoms. The lowest BCUT2D eigenvalue weighted by Crippen LogP contribution is -2.01. The molecule has 0 saturated heterocycles. The van der Waals surface area contributed by atoms with E-state index in [0.29, 0.717) is 0 Å². The molecular formula is C13H11N3O. The molecule has 0 aliphatic rings. The topological polar surface area (TPSA) is 50.9 Å². The number of aromatic nitrogens is 3. The van der Waals surface area contributed by atoms with Gasteiger partial charge in [-0.15, -0.1) is 0 Å². The number of hydrogen-bond acceptors (Lipinski definition) is 3. The maximum Gasteiger partial charge on any atom is 0.0741 e. The highest BCUT2D eigenvalue weighted by atomic mass is 16.3. The molecule has 0 aliphatic heterocycles. The zero-order valence-corrected chi connectivity index (χ0v) is 9.11. The van der Waals surface area contributed by atoms with Crippen molar-refractivity contribution in [2.24, 2.45) is 0 Å². The molecule has 17 heavy (non-hydrogen) atoms. The number of hydrogen-bond donors (Lipinski definition) is 1. The smallest absolute Gasteiger partial charge is 0.0741 e. The molecule has 4 nitrogen and oxygen atoms in total. The SMILES string of the molecule is OCc1cnccc1-n1ncc2ccccc21. The van der Waals surface area contributed by atoms with Gasteiger partial charge in [0.1, 0.15) is 0 Å².